The average molecular weight is 133 g/mol. The van der Waals surface area contributed by atoms with Crippen molar-refractivity contribution >= 4 is 0 Å². The molecular formula is C9H11N. The monoisotopic (exact) mass is 133 g/mol. The molecule has 0 bridgehead atoms. The summed E-state index contributed by atoms with van der Waals surface area (Å²) < 4.78 is 0. The molecule has 0 aromatic heterocycles. The van der Waals surface area contributed by atoms with E-state index in [2.05, 4.69) is 41.8 Å². The van der Waals surface area contributed by atoms with Crippen molar-refractivity contribution < 1.29 is 0 Å². The molecule has 2 atom stereocenters. The van der Waals surface area contributed by atoms with E-state index < -0.39 is 0 Å². The highest BCUT2D eigenvalue weighted by atomic mass is 14.9. The third kappa shape index (κ3) is 0.929. The Morgan fingerprint density at radius 2 is 2.00 bits per heavy atom. The Bertz CT molecular complexity index is 201. The minimum Gasteiger partial charge on any atom is -0.306 e. The number of fused-ring (bicyclic) bond motifs is 1. The van der Waals surface area contributed by atoms with Crippen molar-refractivity contribution in [3.05, 3.63) is 36.5 Å². The smallest absolute Gasteiger partial charge is 0.0353 e. The first kappa shape index (κ1) is 5.93. The molecule has 0 saturated carbocycles. The average Bonchev–Trinajstić information content (AvgIpc) is 2.05. The SMILES string of the molecule is C1=CC2C=CCNC2C=C1. The van der Waals surface area contributed by atoms with Gasteiger partial charge in [0.2, 0.25) is 0 Å². The second-order valence-corrected chi connectivity index (χ2v) is 2.71. The molecule has 1 aliphatic heterocycles. The molecule has 2 aliphatic rings. The molecule has 1 nitrogen and oxygen atoms in total. The molecular weight excluding hydrogens is 122 g/mol. The summed E-state index contributed by atoms with van der Waals surface area (Å²) in [5.41, 5.74) is 0. The second-order valence-electron chi connectivity index (χ2n) is 2.71. The number of allylic oxidation sites excluding steroid dienone is 2. The molecule has 0 aromatic rings. The van der Waals surface area contributed by atoms with Crippen molar-refractivity contribution in [3.63, 3.8) is 0 Å². The predicted octanol–water partition coefficient (Wildman–Crippen LogP) is 1.26. The number of rotatable bonds is 0. The Labute approximate surface area is 61.1 Å². The summed E-state index contributed by atoms with van der Waals surface area (Å²) in [5.74, 6) is 0.596. The standard InChI is InChI=1S/C9H11N/c1-2-6-9-8(4-1)5-3-7-10-9/h1-6,8-10H,7H2. The van der Waals surface area contributed by atoms with Crippen molar-refractivity contribution in [3.8, 4) is 0 Å². The summed E-state index contributed by atoms with van der Waals surface area (Å²) in [5, 5.41) is 3.40. The second kappa shape index (κ2) is 2.43. The Morgan fingerprint density at radius 1 is 1.10 bits per heavy atom. The lowest BCUT2D eigenvalue weighted by Gasteiger charge is -2.25. The maximum absolute atomic E-state index is 3.40. The van der Waals surface area contributed by atoms with Crippen molar-refractivity contribution in [2.75, 3.05) is 6.54 Å². The van der Waals surface area contributed by atoms with E-state index in [1.807, 2.05) is 0 Å². The Balaban J connectivity index is 2.21. The number of hydrogen-bond acceptors (Lipinski definition) is 1. The van der Waals surface area contributed by atoms with Gasteiger partial charge < -0.3 is 5.32 Å². The molecule has 10 heavy (non-hydrogen) atoms. The lowest BCUT2D eigenvalue weighted by atomic mass is 9.93. The summed E-state index contributed by atoms with van der Waals surface area (Å²) in [6.45, 7) is 1.01. The fraction of sp³-hybridized carbons (Fsp3) is 0.333. The van der Waals surface area contributed by atoms with E-state index in [1.165, 1.54) is 0 Å². The van der Waals surface area contributed by atoms with E-state index in [1.54, 1.807) is 0 Å². The van der Waals surface area contributed by atoms with Crippen LogP contribution in [0.15, 0.2) is 36.5 Å². The van der Waals surface area contributed by atoms with Crippen LogP contribution in [0.25, 0.3) is 0 Å². The van der Waals surface area contributed by atoms with Gasteiger partial charge in [0.15, 0.2) is 0 Å². The van der Waals surface area contributed by atoms with Gasteiger partial charge in [-0.15, -0.1) is 0 Å². The van der Waals surface area contributed by atoms with Gasteiger partial charge in [-0.25, -0.2) is 0 Å². The van der Waals surface area contributed by atoms with Crippen LogP contribution in [-0.2, 0) is 0 Å². The summed E-state index contributed by atoms with van der Waals surface area (Å²) in [4.78, 5) is 0. The minimum absolute atomic E-state index is 0.551. The lowest BCUT2D eigenvalue weighted by molar-refractivity contribution is 0.534. The van der Waals surface area contributed by atoms with E-state index in [0.29, 0.717) is 12.0 Å². The molecule has 2 rings (SSSR count). The largest absolute Gasteiger partial charge is 0.306 e. The first-order chi connectivity index (χ1) is 4.97. The summed E-state index contributed by atoms with van der Waals surface area (Å²) in [6.07, 6.45) is 13.1. The molecule has 0 saturated heterocycles. The van der Waals surface area contributed by atoms with E-state index in [9.17, 15) is 0 Å². The van der Waals surface area contributed by atoms with Crippen LogP contribution in [0.4, 0.5) is 0 Å². The van der Waals surface area contributed by atoms with E-state index in [-0.39, 0.29) is 0 Å². The zero-order valence-electron chi connectivity index (χ0n) is 5.83. The zero-order valence-corrected chi connectivity index (χ0v) is 5.83. The van der Waals surface area contributed by atoms with E-state index >= 15 is 0 Å². The third-order valence-corrected chi connectivity index (χ3v) is 2.01. The lowest BCUT2D eigenvalue weighted by Crippen LogP contribution is -2.36. The first-order valence-corrected chi connectivity index (χ1v) is 3.72. The van der Waals surface area contributed by atoms with Gasteiger partial charge in [-0.2, -0.15) is 0 Å². The van der Waals surface area contributed by atoms with Crippen molar-refractivity contribution in [1.82, 2.24) is 5.32 Å². The van der Waals surface area contributed by atoms with Gasteiger partial charge in [0.1, 0.15) is 0 Å². The van der Waals surface area contributed by atoms with Crippen molar-refractivity contribution in [2.45, 2.75) is 6.04 Å². The third-order valence-electron chi connectivity index (χ3n) is 2.01. The highest BCUT2D eigenvalue weighted by Crippen LogP contribution is 2.16. The molecule has 0 spiro atoms. The van der Waals surface area contributed by atoms with Crippen LogP contribution >= 0.6 is 0 Å². The highest BCUT2D eigenvalue weighted by molar-refractivity contribution is 5.23. The molecule has 0 amide bonds. The summed E-state index contributed by atoms with van der Waals surface area (Å²) >= 11 is 0. The van der Waals surface area contributed by atoms with Gasteiger partial charge in [-0.1, -0.05) is 36.5 Å². The Morgan fingerprint density at radius 3 is 2.90 bits per heavy atom. The highest BCUT2D eigenvalue weighted by Gasteiger charge is 2.16. The quantitative estimate of drug-likeness (QED) is 0.490. The molecule has 0 aromatic carbocycles. The molecule has 0 fully saturated rings. The van der Waals surface area contributed by atoms with Crippen LogP contribution in [0.1, 0.15) is 0 Å². The molecule has 1 heteroatoms. The van der Waals surface area contributed by atoms with Crippen LogP contribution in [0, 0.1) is 5.92 Å². The van der Waals surface area contributed by atoms with Gasteiger partial charge in [-0.05, 0) is 0 Å². The van der Waals surface area contributed by atoms with Crippen LogP contribution in [-0.4, -0.2) is 12.6 Å². The maximum Gasteiger partial charge on any atom is 0.0353 e. The van der Waals surface area contributed by atoms with Crippen LogP contribution in [0.3, 0.4) is 0 Å². The normalized spacial score (nSPS) is 36.0. The van der Waals surface area contributed by atoms with Gasteiger partial charge in [0, 0.05) is 18.5 Å². The molecule has 1 N–H and O–H groups in total. The molecule has 52 valence electrons. The molecule has 2 unspecified atom stereocenters. The summed E-state index contributed by atoms with van der Waals surface area (Å²) in [7, 11) is 0. The van der Waals surface area contributed by atoms with Gasteiger partial charge in [0.05, 0.1) is 0 Å². The fourth-order valence-corrected chi connectivity index (χ4v) is 1.44. The van der Waals surface area contributed by atoms with Crippen LogP contribution < -0.4 is 5.32 Å². The van der Waals surface area contributed by atoms with Crippen molar-refractivity contribution in [2.24, 2.45) is 5.92 Å². The van der Waals surface area contributed by atoms with Gasteiger partial charge in [0.25, 0.3) is 0 Å². The van der Waals surface area contributed by atoms with Gasteiger partial charge in [-0.3, -0.25) is 0 Å². The fourth-order valence-electron chi connectivity index (χ4n) is 1.44. The first-order valence-electron chi connectivity index (χ1n) is 3.72. The Hall–Kier alpha value is -0.820. The van der Waals surface area contributed by atoms with E-state index in [0.717, 1.165) is 6.54 Å². The topological polar surface area (TPSA) is 12.0 Å². The molecule has 1 heterocycles. The van der Waals surface area contributed by atoms with Crippen LogP contribution in [0.5, 0.6) is 0 Å². The molecule has 0 radical (unpaired) electrons. The van der Waals surface area contributed by atoms with Gasteiger partial charge >= 0.3 is 0 Å². The number of nitrogens with one attached hydrogen (secondary N) is 1. The maximum atomic E-state index is 3.40. The number of hydrogen-bond donors (Lipinski definition) is 1. The van der Waals surface area contributed by atoms with Crippen LogP contribution in [0.2, 0.25) is 0 Å². The zero-order chi connectivity index (χ0) is 6.81. The predicted molar refractivity (Wildman–Crippen MR) is 42.7 cm³/mol. The molecule has 1 aliphatic carbocycles. The Kier molecular flexibility index (Phi) is 1.44. The minimum atomic E-state index is 0.551. The van der Waals surface area contributed by atoms with E-state index in [4.69, 9.17) is 0 Å². The summed E-state index contributed by atoms with van der Waals surface area (Å²) in [6, 6.07) is 0.551. The van der Waals surface area contributed by atoms with Crippen molar-refractivity contribution in [1.29, 1.82) is 0 Å².